The quantitative estimate of drug-likeness (QED) is 0.531. The monoisotopic (exact) mass is 507 g/mol. The lowest BCUT2D eigenvalue weighted by molar-refractivity contribution is -0.132. The van der Waals surface area contributed by atoms with E-state index >= 15 is 4.39 Å². The number of carbonyl (C=O) groups excluding carboxylic acids is 1. The molecule has 2 atom stereocenters. The van der Waals surface area contributed by atoms with E-state index in [2.05, 4.69) is 4.57 Å². The first-order chi connectivity index (χ1) is 17.8. The molecule has 0 radical (unpaired) electrons. The van der Waals surface area contributed by atoms with Gasteiger partial charge in [-0.2, -0.15) is 0 Å². The zero-order chi connectivity index (χ0) is 26.3. The molecule has 2 aromatic carbocycles. The Morgan fingerprint density at radius 2 is 1.89 bits per heavy atom. The van der Waals surface area contributed by atoms with Crippen LogP contribution in [0.2, 0.25) is 0 Å². The largest absolute Gasteiger partial charge is 0.497 e. The highest BCUT2D eigenvalue weighted by atomic mass is 19.1. The maximum atomic E-state index is 15.5. The number of hydrogen-bond acceptors (Lipinski definition) is 4. The van der Waals surface area contributed by atoms with Crippen molar-refractivity contribution in [3.8, 4) is 17.0 Å². The van der Waals surface area contributed by atoms with Crippen LogP contribution in [0.25, 0.3) is 22.2 Å². The van der Waals surface area contributed by atoms with Crippen LogP contribution in [0.3, 0.4) is 0 Å². The molecule has 0 saturated heterocycles. The van der Waals surface area contributed by atoms with E-state index in [0.29, 0.717) is 38.3 Å². The number of carboxylic acids is 1. The van der Waals surface area contributed by atoms with Gasteiger partial charge in [-0.1, -0.05) is 18.9 Å². The van der Waals surface area contributed by atoms with Crippen LogP contribution in [0, 0.1) is 0 Å². The predicted molar refractivity (Wildman–Crippen MR) is 141 cm³/mol. The molecule has 1 saturated carbocycles. The molecule has 37 heavy (non-hydrogen) atoms. The molecule has 0 unspecified atom stereocenters. The van der Waals surface area contributed by atoms with E-state index in [-0.39, 0.29) is 17.4 Å². The summed E-state index contributed by atoms with van der Waals surface area (Å²) in [6, 6.07) is 11.0. The summed E-state index contributed by atoms with van der Waals surface area (Å²) < 4.78 is 23.1. The first-order valence-corrected chi connectivity index (χ1v) is 12.9. The number of methoxy groups -OCH3 is 1. The molecule has 7 nitrogen and oxygen atoms in total. The fourth-order valence-corrected chi connectivity index (χ4v) is 5.97. The maximum absolute atomic E-state index is 15.5. The zero-order valence-electron chi connectivity index (χ0n) is 21.7. The van der Waals surface area contributed by atoms with E-state index in [1.165, 1.54) is 0 Å². The molecular formula is C29H34FN3O4. The Morgan fingerprint density at radius 3 is 2.59 bits per heavy atom. The normalized spacial score (nSPS) is 19.8. The van der Waals surface area contributed by atoms with Gasteiger partial charge in [0, 0.05) is 42.0 Å². The van der Waals surface area contributed by atoms with Crippen molar-refractivity contribution in [1.29, 1.82) is 0 Å². The first kappa shape index (κ1) is 25.3. The van der Waals surface area contributed by atoms with Gasteiger partial charge in [-0.05, 0) is 68.4 Å². The fraction of sp³-hybridized carbons (Fsp3) is 0.448. The Kier molecular flexibility index (Phi) is 6.94. The second kappa shape index (κ2) is 10.2. The van der Waals surface area contributed by atoms with Crippen LogP contribution >= 0.6 is 0 Å². The highest BCUT2D eigenvalue weighted by Crippen LogP contribution is 2.47. The van der Waals surface area contributed by atoms with Gasteiger partial charge in [0.1, 0.15) is 11.9 Å². The van der Waals surface area contributed by atoms with E-state index in [1.807, 2.05) is 48.2 Å². The molecule has 1 fully saturated rings. The van der Waals surface area contributed by atoms with Crippen molar-refractivity contribution in [2.45, 2.75) is 50.9 Å². The molecule has 2 heterocycles. The zero-order valence-corrected chi connectivity index (χ0v) is 21.7. The van der Waals surface area contributed by atoms with Gasteiger partial charge in [0.2, 0.25) is 5.91 Å². The number of carboxylic acid groups (broad SMARTS) is 1. The average molecular weight is 508 g/mol. The van der Waals surface area contributed by atoms with Gasteiger partial charge >= 0.3 is 5.97 Å². The minimum absolute atomic E-state index is 0.0150. The van der Waals surface area contributed by atoms with Crippen LogP contribution in [-0.2, 0) is 17.9 Å². The van der Waals surface area contributed by atoms with Crippen molar-refractivity contribution in [2.24, 2.45) is 0 Å². The molecular weight excluding hydrogens is 473 g/mol. The molecule has 1 aromatic heterocycles. The van der Waals surface area contributed by atoms with Crippen LogP contribution in [0.4, 0.5) is 4.39 Å². The summed E-state index contributed by atoms with van der Waals surface area (Å²) >= 11 is 0. The van der Waals surface area contributed by atoms with E-state index in [9.17, 15) is 14.7 Å². The van der Waals surface area contributed by atoms with Crippen molar-refractivity contribution in [2.75, 3.05) is 34.3 Å². The van der Waals surface area contributed by atoms with Crippen molar-refractivity contribution < 1.29 is 23.8 Å². The molecule has 1 aliphatic heterocycles. The van der Waals surface area contributed by atoms with Crippen LogP contribution in [0.1, 0.15) is 53.1 Å². The third kappa shape index (κ3) is 4.70. The Hall–Kier alpha value is -3.39. The van der Waals surface area contributed by atoms with Crippen molar-refractivity contribution in [1.82, 2.24) is 14.4 Å². The number of benzene rings is 2. The summed E-state index contributed by atoms with van der Waals surface area (Å²) in [5.41, 5.74) is 4.72. The molecule has 0 spiro atoms. The maximum Gasteiger partial charge on any atom is 0.335 e. The standard InChI is InChI=1S/C29H34FN3O4/c1-31(2)17-26(34)32-12-13-33-25-15-18(29(35)36)8-10-23(25)27(22-6-4-5-7-24(22)30)28(33)21-11-9-20(37-3)14-19(21)16-32/h8-11,14-15,22,24H,4-7,12-13,16-17H2,1-3H3,(H,35,36)/t22-,24-/m1/s1. The smallest absolute Gasteiger partial charge is 0.335 e. The van der Waals surface area contributed by atoms with Gasteiger partial charge in [0.05, 0.1) is 24.9 Å². The Balaban J connectivity index is 1.77. The van der Waals surface area contributed by atoms with Gasteiger partial charge in [0.15, 0.2) is 0 Å². The molecule has 196 valence electrons. The molecule has 1 N–H and O–H groups in total. The van der Waals surface area contributed by atoms with Crippen molar-refractivity contribution >= 4 is 22.8 Å². The highest BCUT2D eigenvalue weighted by Gasteiger charge is 2.34. The second-order valence-electron chi connectivity index (χ2n) is 10.4. The average Bonchev–Trinajstić information content (AvgIpc) is 3.17. The lowest BCUT2D eigenvalue weighted by atomic mass is 9.80. The van der Waals surface area contributed by atoms with E-state index in [1.54, 1.807) is 19.2 Å². The fourth-order valence-electron chi connectivity index (χ4n) is 5.97. The molecule has 8 heteroatoms. The molecule has 0 bridgehead atoms. The number of nitrogens with zero attached hydrogens (tertiary/aromatic N) is 3. The number of carbonyl (C=O) groups is 2. The number of rotatable bonds is 5. The van der Waals surface area contributed by atoms with Gasteiger partial charge in [-0.3, -0.25) is 4.79 Å². The number of amides is 1. The lowest BCUT2D eigenvalue weighted by Crippen LogP contribution is -2.40. The summed E-state index contributed by atoms with van der Waals surface area (Å²) in [7, 11) is 5.35. The van der Waals surface area contributed by atoms with Crippen molar-refractivity contribution in [3.63, 3.8) is 0 Å². The third-order valence-electron chi connectivity index (χ3n) is 7.73. The molecule has 3 aromatic rings. The first-order valence-electron chi connectivity index (χ1n) is 12.9. The number of likely N-dealkylation sites (N-methyl/N-ethyl adjacent to an activating group) is 1. The minimum atomic E-state index is -1.00. The second-order valence-corrected chi connectivity index (χ2v) is 10.4. The number of halogens is 1. The third-order valence-corrected chi connectivity index (χ3v) is 7.73. The molecule has 2 aliphatic rings. The van der Waals surface area contributed by atoms with Crippen LogP contribution in [0.15, 0.2) is 36.4 Å². The lowest BCUT2D eigenvalue weighted by Gasteiger charge is -2.31. The van der Waals surface area contributed by atoms with Gasteiger partial charge in [-0.15, -0.1) is 0 Å². The van der Waals surface area contributed by atoms with Crippen LogP contribution in [0.5, 0.6) is 5.75 Å². The predicted octanol–water partition coefficient (Wildman–Crippen LogP) is 4.91. The van der Waals surface area contributed by atoms with E-state index in [4.69, 9.17) is 4.74 Å². The van der Waals surface area contributed by atoms with E-state index < -0.39 is 12.1 Å². The number of fused-ring (bicyclic) bond motifs is 5. The van der Waals surface area contributed by atoms with Gasteiger partial charge in [-0.25, -0.2) is 9.18 Å². The van der Waals surface area contributed by atoms with Gasteiger partial charge < -0.3 is 24.2 Å². The summed E-state index contributed by atoms with van der Waals surface area (Å²) in [5.74, 6) is -0.554. The number of aromatic carboxylic acids is 1. The Morgan fingerprint density at radius 1 is 1.11 bits per heavy atom. The summed E-state index contributed by atoms with van der Waals surface area (Å²) in [4.78, 5) is 28.7. The number of ether oxygens (including phenoxy) is 1. The minimum Gasteiger partial charge on any atom is -0.497 e. The van der Waals surface area contributed by atoms with Crippen molar-refractivity contribution in [3.05, 3.63) is 53.1 Å². The molecule has 1 amide bonds. The summed E-state index contributed by atoms with van der Waals surface area (Å²) in [6.45, 7) is 1.66. The topological polar surface area (TPSA) is 75.0 Å². The molecule has 5 rings (SSSR count). The number of hydrogen-bond donors (Lipinski definition) is 1. The van der Waals surface area contributed by atoms with E-state index in [0.717, 1.165) is 52.5 Å². The molecule has 1 aliphatic carbocycles. The Labute approximate surface area is 216 Å². The Bertz CT molecular complexity index is 1350. The van der Waals surface area contributed by atoms with Crippen LogP contribution < -0.4 is 4.74 Å². The number of alkyl halides is 1. The summed E-state index contributed by atoms with van der Waals surface area (Å²) in [5, 5.41) is 10.6. The SMILES string of the molecule is COc1ccc2c(c1)CN(C(=O)CN(C)C)CCn1c-2c([C@@H]2CCCC[C@H]2F)c2ccc(C(=O)O)cc21. The number of aromatic nitrogens is 1. The van der Waals surface area contributed by atoms with Gasteiger partial charge in [0.25, 0.3) is 0 Å². The summed E-state index contributed by atoms with van der Waals surface area (Å²) in [6.07, 6.45) is 2.19. The highest BCUT2D eigenvalue weighted by molar-refractivity contribution is 5.98. The van der Waals surface area contributed by atoms with Crippen LogP contribution in [-0.4, -0.2) is 71.8 Å².